The summed E-state index contributed by atoms with van der Waals surface area (Å²) in [5.74, 6) is 1.82. The first kappa shape index (κ1) is 23.6. The third-order valence-electron chi connectivity index (χ3n) is 7.29. The number of nitrogens with zero attached hydrogens (tertiary/aromatic N) is 2. The highest BCUT2D eigenvalue weighted by molar-refractivity contribution is 5.88. The van der Waals surface area contributed by atoms with Crippen LogP contribution in [0.5, 0.6) is 5.75 Å². The Hall–Kier alpha value is -3.18. The molecule has 3 heterocycles. The second kappa shape index (κ2) is 11.0. The average molecular weight is 471 g/mol. The largest absolute Gasteiger partial charge is 0.488 e. The molecule has 182 valence electrons. The zero-order valence-electron chi connectivity index (χ0n) is 20.5. The van der Waals surface area contributed by atoms with E-state index < -0.39 is 0 Å². The summed E-state index contributed by atoms with van der Waals surface area (Å²) in [6, 6.07) is 18.4. The number of ether oxygens (including phenoxy) is 2. The molecule has 5 rings (SSSR count). The number of rotatable bonds is 6. The molecule has 2 aliphatic rings. The molecule has 0 N–H and O–H groups in total. The third-order valence-corrected chi connectivity index (χ3v) is 7.29. The van der Waals surface area contributed by atoms with Crippen molar-refractivity contribution in [1.29, 1.82) is 0 Å². The number of likely N-dealkylation sites (tertiary alicyclic amines) is 1. The Morgan fingerprint density at radius 2 is 1.74 bits per heavy atom. The van der Waals surface area contributed by atoms with E-state index in [1.165, 1.54) is 0 Å². The number of hydrogen-bond donors (Lipinski definition) is 0. The number of benzene rings is 2. The van der Waals surface area contributed by atoms with Crippen LogP contribution in [-0.2, 0) is 16.1 Å². The minimum atomic E-state index is 0.148. The summed E-state index contributed by atoms with van der Waals surface area (Å²) in [5.41, 5.74) is 4.10. The van der Waals surface area contributed by atoms with Gasteiger partial charge in [-0.05, 0) is 62.3 Å². The minimum Gasteiger partial charge on any atom is -0.488 e. The first-order valence-corrected chi connectivity index (χ1v) is 12.8. The molecule has 1 amide bonds. The fraction of sp³-hybridized carbons (Fsp3) is 0.400. The van der Waals surface area contributed by atoms with Gasteiger partial charge in [-0.1, -0.05) is 48.5 Å². The molecule has 2 saturated heterocycles. The molecule has 0 aliphatic carbocycles. The molecule has 35 heavy (non-hydrogen) atoms. The average Bonchev–Trinajstić information content (AvgIpc) is 2.92. The summed E-state index contributed by atoms with van der Waals surface area (Å²) >= 11 is 0. The smallest absolute Gasteiger partial charge is 0.225 e. The fourth-order valence-electron chi connectivity index (χ4n) is 5.12. The normalized spacial score (nSPS) is 17.8. The molecule has 2 aliphatic heterocycles. The monoisotopic (exact) mass is 470 g/mol. The second-order valence-electron chi connectivity index (χ2n) is 9.65. The summed E-state index contributed by atoms with van der Waals surface area (Å²) in [5, 5.41) is 1.04. The van der Waals surface area contributed by atoms with Crippen molar-refractivity contribution in [1.82, 2.24) is 9.88 Å². The van der Waals surface area contributed by atoms with Crippen molar-refractivity contribution in [2.45, 2.75) is 39.2 Å². The van der Waals surface area contributed by atoms with Crippen LogP contribution in [0.25, 0.3) is 17.0 Å². The van der Waals surface area contributed by atoms with Crippen molar-refractivity contribution in [3.63, 3.8) is 0 Å². The fourth-order valence-corrected chi connectivity index (χ4v) is 5.12. The van der Waals surface area contributed by atoms with E-state index in [0.717, 1.165) is 72.2 Å². The molecule has 0 unspecified atom stereocenters. The Labute approximate surface area is 207 Å². The Balaban J connectivity index is 1.28. The van der Waals surface area contributed by atoms with Gasteiger partial charge in [-0.2, -0.15) is 0 Å². The first-order chi connectivity index (χ1) is 17.2. The predicted molar refractivity (Wildman–Crippen MR) is 139 cm³/mol. The van der Waals surface area contributed by atoms with E-state index in [9.17, 15) is 4.79 Å². The predicted octanol–water partition coefficient (Wildman–Crippen LogP) is 5.80. The molecular weight excluding hydrogens is 436 g/mol. The van der Waals surface area contributed by atoms with Gasteiger partial charge in [0, 0.05) is 43.2 Å². The van der Waals surface area contributed by atoms with Gasteiger partial charge < -0.3 is 14.4 Å². The lowest BCUT2D eigenvalue weighted by molar-refractivity contribution is -0.139. The van der Waals surface area contributed by atoms with Crippen LogP contribution < -0.4 is 4.74 Å². The highest BCUT2D eigenvalue weighted by Gasteiger charge is 2.28. The van der Waals surface area contributed by atoms with E-state index in [1.54, 1.807) is 0 Å². The van der Waals surface area contributed by atoms with Gasteiger partial charge in [-0.15, -0.1) is 0 Å². The SMILES string of the molecule is Cc1c(/C=C/C2CCN(C(=O)C3CCOCC3)CC2)nc2ccccc2c1OCc1ccccc1. The third kappa shape index (κ3) is 5.57. The van der Waals surface area contributed by atoms with Crippen LogP contribution in [0, 0.1) is 18.8 Å². The molecule has 0 atom stereocenters. The maximum atomic E-state index is 12.8. The van der Waals surface area contributed by atoms with E-state index in [1.807, 2.05) is 36.4 Å². The van der Waals surface area contributed by atoms with Crippen molar-refractivity contribution >= 4 is 22.9 Å². The Bertz CT molecular complexity index is 1180. The number of carbonyl (C=O) groups is 1. The number of pyridine rings is 1. The number of hydrogen-bond acceptors (Lipinski definition) is 4. The lowest BCUT2D eigenvalue weighted by Gasteiger charge is -2.34. The van der Waals surface area contributed by atoms with Gasteiger partial charge in [-0.25, -0.2) is 4.98 Å². The van der Waals surface area contributed by atoms with Crippen LogP contribution in [0.3, 0.4) is 0 Å². The Morgan fingerprint density at radius 1 is 1.03 bits per heavy atom. The van der Waals surface area contributed by atoms with Crippen LogP contribution >= 0.6 is 0 Å². The van der Waals surface area contributed by atoms with Crippen molar-refractivity contribution < 1.29 is 14.3 Å². The molecule has 0 radical (unpaired) electrons. The van der Waals surface area contributed by atoms with E-state index in [4.69, 9.17) is 14.5 Å². The van der Waals surface area contributed by atoms with E-state index >= 15 is 0 Å². The Morgan fingerprint density at radius 3 is 2.51 bits per heavy atom. The van der Waals surface area contributed by atoms with Crippen LogP contribution in [0.1, 0.15) is 42.5 Å². The molecule has 5 heteroatoms. The number of amides is 1. The molecule has 0 saturated carbocycles. The number of fused-ring (bicyclic) bond motifs is 1. The summed E-state index contributed by atoms with van der Waals surface area (Å²) in [7, 11) is 0. The molecule has 2 fully saturated rings. The minimum absolute atomic E-state index is 0.148. The van der Waals surface area contributed by atoms with Gasteiger partial charge in [0.2, 0.25) is 5.91 Å². The topological polar surface area (TPSA) is 51.7 Å². The summed E-state index contributed by atoms with van der Waals surface area (Å²) in [6.07, 6.45) is 8.14. The van der Waals surface area contributed by atoms with Gasteiger partial charge >= 0.3 is 0 Å². The number of piperidine rings is 1. The maximum absolute atomic E-state index is 12.8. The molecular formula is C30H34N2O3. The number of carbonyl (C=O) groups excluding carboxylic acids is 1. The molecule has 0 bridgehead atoms. The molecule has 1 aromatic heterocycles. The zero-order valence-corrected chi connectivity index (χ0v) is 20.5. The number of para-hydroxylation sites is 1. The van der Waals surface area contributed by atoms with Gasteiger partial charge in [-0.3, -0.25) is 4.79 Å². The second-order valence-corrected chi connectivity index (χ2v) is 9.65. The highest BCUT2D eigenvalue weighted by Crippen LogP contribution is 2.32. The van der Waals surface area contributed by atoms with Gasteiger partial charge in [0.1, 0.15) is 12.4 Å². The number of allylic oxidation sites excluding steroid dienone is 1. The standard InChI is InChI=1S/C30H34N2O3/c1-22-27(12-11-23-13-17-32(18-14-23)30(33)25-15-19-34-20-16-25)31-28-10-6-5-9-26(28)29(22)35-21-24-7-3-2-4-8-24/h2-12,23,25H,13-21H2,1H3/b12-11+. The Kier molecular flexibility index (Phi) is 7.43. The van der Waals surface area contributed by atoms with Gasteiger partial charge in [0.25, 0.3) is 0 Å². The molecule has 0 spiro atoms. The van der Waals surface area contributed by atoms with E-state index in [0.29, 0.717) is 31.6 Å². The number of aromatic nitrogens is 1. The van der Waals surface area contributed by atoms with Gasteiger partial charge in [0.05, 0.1) is 11.2 Å². The summed E-state index contributed by atoms with van der Waals surface area (Å²) in [6.45, 7) is 5.71. The maximum Gasteiger partial charge on any atom is 0.225 e. The van der Waals surface area contributed by atoms with Crippen molar-refractivity contribution in [2.24, 2.45) is 11.8 Å². The summed E-state index contributed by atoms with van der Waals surface area (Å²) < 4.78 is 11.8. The quantitative estimate of drug-likeness (QED) is 0.457. The van der Waals surface area contributed by atoms with Gasteiger partial charge in [0.15, 0.2) is 0 Å². The van der Waals surface area contributed by atoms with Crippen LogP contribution in [0.2, 0.25) is 0 Å². The molecule has 2 aromatic carbocycles. The molecule has 5 nitrogen and oxygen atoms in total. The van der Waals surface area contributed by atoms with E-state index in [-0.39, 0.29) is 5.92 Å². The summed E-state index contributed by atoms with van der Waals surface area (Å²) in [4.78, 5) is 19.8. The first-order valence-electron chi connectivity index (χ1n) is 12.8. The van der Waals surface area contributed by atoms with Crippen molar-refractivity contribution in [2.75, 3.05) is 26.3 Å². The highest BCUT2D eigenvalue weighted by atomic mass is 16.5. The van der Waals surface area contributed by atoms with E-state index in [2.05, 4.69) is 42.2 Å². The molecule has 3 aromatic rings. The van der Waals surface area contributed by atoms with Crippen molar-refractivity contribution in [3.8, 4) is 5.75 Å². The zero-order chi connectivity index (χ0) is 24.0. The van der Waals surface area contributed by atoms with Crippen molar-refractivity contribution in [3.05, 3.63) is 77.5 Å². The lowest BCUT2D eigenvalue weighted by atomic mass is 9.93. The van der Waals surface area contributed by atoms with Crippen LogP contribution in [-0.4, -0.2) is 42.1 Å². The van der Waals surface area contributed by atoms with Crippen LogP contribution in [0.4, 0.5) is 0 Å². The van der Waals surface area contributed by atoms with Crippen LogP contribution in [0.15, 0.2) is 60.7 Å². The lowest BCUT2D eigenvalue weighted by Crippen LogP contribution is -2.42.